The van der Waals surface area contributed by atoms with E-state index in [1.54, 1.807) is 6.92 Å². The van der Waals surface area contributed by atoms with E-state index in [1.807, 2.05) is 0 Å². The molecule has 0 bridgehead atoms. The summed E-state index contributed by atoms with van der Waals surface area (Å²) >= 11 is 5.74. The van der Waals surface area contributed by atoms with Gasteiger partial charge in [-0.3, -0.25) is 14.8 Å². The monoisotopic (exact) mass is 345 g/mol. The number of benzene rings is 1. The fraction of sp³-hybridized carbons (Fsp3) is 0.273. The lowest BCUT2D eigenvalue weighted by atomic mass is 10.3. The molecule has 9 nitrogen and oxygen atoms in total. The van der Waals surface area contributed by atoms with Crippen LogP contribution >= 0.6 is 11.6 Å². The molecule has 0 amide bonds. The highest BCUT2D eigenvalue weighted by Crippen LogP contribution is 2.27. The minimum Gasteiger partial charge on any atom is -0.258 e. The Bertz CT molecular complexity index is 778. The molecular formula is C11H12ClN5O4S. The van der Waals surface area contributed by atoms with E-state index >= 15 is 0 Å². The van der Waals surface area contributed by atoms with E-state index in [0.29, 0.717) is 0 Å². The molecule has 0 saturated carbocycles. The third kappa shape index (κ3) is 3.78. The van der Waals surface area contributed by atoms with E-state index in [2.05, 4.69) is 14.8 Å². The van der Waals surface area contributed by atoms with Gasteiger partial charge in [0, 0.05) is 17.1 Å². The molecule has 0 saturated heterocycles. The summed E-state index contributed by atoms with van der Waals surface area (Å²) in [7, 11) is -4.10. The largest absolute Gasteiger partial charge is 0.289 e. The number of hydrogen-bond acceptors (Lipinski definition) is 6. The van der Waals surface area contributed by atoms with Crippen LogP contribution in [0.25, 0.3) is 0 Å². The van der Waals surface area contributed by atoms with Crippen molar-refractivity contribution in [2.75, 3.05) is 0 Å². The standard InChI is InChI=1S/C11H12ClN5O4S/c1-8(5-16-7-13-6-14-16)15-22(20,21)11-4-9(12)2-3-10(11)17(18)19/h2-4,6-8,15H,5H2,1H3/t8-/m1/s1. The van der Waals surface area contributed by atoms with Gasteiger partial charge < -0.3 is 0 Å². The van der Waals surface area contributed by atoms with Crippen molar-refractivity contribution in [1.82, 2.24) is 19.5 Å². The summed E-state index contributed by atoms with van der Waals surface area (Å²) in [6, 6.07) is 2.81. The smallest absolute Gasteiger partial charge is 0.258 e. The lowest BCUT2D eigenvalue weighted by Crippen LogP contribution is -2.36. The molecule has 1 heterocycles. The Morgan fingerprint density at radius 3 is 2.82 bits per heavy atom. The van der Waals surface area contributed by atoms with E-state index in [9.17, 15) is 18.5 Å². The molecule has 1 N–H and O–H groups in total. The van der Waals surface area contributed by atoms with Gasteiger partial charge in [-0.25, -0.2) is 18.1 Å². The normalized spacial score (nSPS) is 13.0. The van der Waals surface area contributed by atoms with Gasteiger partial charge in [0.25, 0.3) is 5.69 Å². The molecule has 118 valence electrons. The molecule has 1 aromatic heterocycles. The zero-order valence-electron chi connectivity index (χ0n) is 11.4. The zero-order chi connectivity index (χ0) is 16.3. The van der Waals surface area contributed by atoms with Crippen molar-refractivity contribution in [1.29, 1.82) is 0 Å². The second-order valence-electron chi connectivity index (χ2n) is 4.51. The first-order chi connectivity index (χ1) is 10.3. The van der Waals surface area contributed by atoms with Crippen LogP contribution in [0.2, 0.25) is 5.02 Å². The van der Waals surface area contributed by atoms with Gasteiger partial charge in [0.05, 0.1) is 11.5 Å². The number of rotatable bonds is 6. The molecule has 2 rings (SSSR count). The maximum absolute atomic E-state index is 12.3. The number of aromatic nitrogens is 3. The highest BCUT2D eigenvalue weighted by atomic mass is 35.5. The first-order valence-corrected chi connectivity index (χ1v) is 7.94. The van der Waals surface area contributed by atoms with Crippen LogP contribution in [0.4, 0.5) is 5.69 Å². The second-order valence-corrected chi connectivity index (χ2v) is 6.63. The van der Waals surface area contributed by atoms with Gasteiger partial charge in [-0.15, -0.1) is 0 Å². The Hall–Kier alpha value is -2.04. The summed E-state index contributed by atoms with van der Waals surface area (Å²) in [5.41, 5.74) is -0.537. The number of sulfonamides is 1. The number of nitro groups is 1. The molecule has 0 fully saturated rings. The van der Waals surface area contributed by atoms with Crippen LogP contribution in [0.5, 0.6) is 0 Å². The molecule has 0 aliphatic rings. The number of nitrogens with one attached hydrogen (secondary N) is 1. The van der Waals surface area contributed by atoms with Gasteiger partial charge in [0.2, 0.25) is 10.0 Å². The number of nitrogens with zero attached hydrogens (tertiary/aromatic N) is 4. The molecular weight excluding hydrogens is 334 g/mol. The van der Waals surface area contributed by atoms with Crippen molar-refractivity contribution in [3.05, 3.63) is 46.0 Å². The highest BCUT2D eigenvalue weighted by molar-refractivity contribution is 7.89. The Morgan fingerprint density at radius 2 is 2.23 bits per heavy atom. The van der Waals surface area contributed by atoms with Gasteiger partial charge in [0.15, 0.2) is 4.90 Å². The number of halogens is 1. The van der Waals surface area contributed by atoms with Crippen LogP contribution in [-0.2, 0) is 16.6 Å². The first kappa shape index (κ1) is 16.3. The Kier molecular flexibility index (Phi) is 4.74. The molecule has 0 aliphatic carbocycles. The van der Waals surface area contributed by atoms with Gasteiger partial charge in [0.1, 0.15) is 12.7 Å². The molecule has 11 heteroatoms. The molecule has 2 aromatic rings. The zero-order valence-corrected chi connectivity index (χ0v) is 13.0. The predicted molar refractivity (Wildman–Crippen MR) is 77.9 cm³/mol. The van der Waals surface area contributed by atoms with Crippen LogP contribution in [0, 0.1) is 10.1 Å². The summed E-state index contributed by atoms with van der Waals surface area (Å²) in [5.74, 6) is 0. The third-order valence-electron chi connectivity index (χ3n) is 2.69. The third-order valence-corrected chi connectivity index (χ3v) is 4.55. The summed E-state index contributed by atoms with van der Waals surface area (Å²) in [6.45, 7) is 1.84. The SMILES string of the molecule is C[C@H](Cn1cncn1)NS(=O)(=O)c1cc(Cl)ccc1[N+](=O)[O-]. The molecule has 22 heavy (non-hydrogen) atoms. The molecule has 1 aromatic carbocycles. The number of hydrogen-bond donors (Lipinski definition) is 1. The Labute approximate surface area is 131 Å². The van der Waals surface area contributed by atoms with Gasteiger partial charge in [-0.05, 0) is 19.1 Å². The lowest BCUT2D eigenvalue weighted by Gasteiger charge is -2.14. The first-order valence-electron chi connectivity index (χ1n) is 6.08. The van der Waals surface area contributed by atoms with Crippen molar-refractivity contribution >= 4 is 27.3 Å². The predicted octanol–water partition coefficient (Wildman–Crippen LogP) is 1.21. The Balaban J connectivity index is 2.26. The quantitative estimate of drug-likeness (QED) is 0.620. The topological polar surface area (TPSA) is 120 Å². The van der Waals surface area contributed by atoms with Gasteiger partial charge in [-0.1, -0.05) is 11.6 Å². The minimum atomic E-state index is -4.10. The summed E-state index contributed by atoms with van der Waals surface area (Å²) in [6.07, 6.45) is 2.76. The van der Waals surface area contributed by atoms with E-state index in [1.165, 1.54) is 23.4 Å². The van der Waals surface area contributed by atoms with E-state index in [4.69, 9.17) is 11.6 Å². The van der Waals surface area contributed by atoms with Crippen molar-refractivity contribution in [3.63, 3.8) is 0 Å². The van der Waals surface area contributed by atoms with E-state index in [-0.39, 0.29) is 11.6 Å². The lowest BCUT2D eigenvalue weighted by molar-refractivity contribution is -0.387. The molecule has 0 unspecified atom stereocenters. The molecule has 0 spiro atoms. The summed E-state index contributed by atoms with van der Waals surface area (Å²) < 4.78 is 28.5. The molecule has 0 aliphatic heterocycles. The van der Waals surface area contributed by atoms with Crippen LogP contribution in [-0.4, -0.2) is 34.1 Å². The van der Waals surface area contributed by atoms with E-state index < -0.39 is 31.6 Å². The summed E-state index contributed by atoms with van der Waals surface area (Å²) in [4.78, 5) is 13.5. The highest BCUT2D eigenvalue weighted by Gasteiger charge is 2.27. The maximum Gasteiger partial charge on any atom is 0.289 e. The van der Waals surface area contributed by atoms with Crippen molar-refractivity contribution in [2.24, 2.45) is 0 Å². The fourth-order valence-corrected chi connectivity index (χ4v) is 3.50. The summed E-state index contributed by atoms with van der Waals surface area (Å²) in [5, 5.41) is 14.9. The van der Waals surface area contributed by atoms with Gasteiger partial charge >= 0.3 is 0 Å². The van der Waals surface area contributed by atoms with Crippen LogP contribution < -0.4 is 4.72 Å². The van der Waals surface area contributed by atoms with Crippen molar-refractivity contribution in [3.8, 4) is 0 Å². The average Bonchev–Trinajstić information content (AvgIpc) is 2.90. The maximum atomic E-state index is 12.3. The van der Waals surface area contributed by atoms with Crippen LogP contribution in [0.15, 0.2) is 35.7 Å². The minimum absolute atomic E-state index is 0.0925. The molecule has 0 radical (unpaired) electrons. The molecule has 1 atom stereocenters. The average molecular weight is 346 g/mol. The van der Waals surface area contributed by atoms with Crippen LogP contribution in [0.3, 0.4) is 0 Å². The number of nitro benzene ring substituents is 1. The fourth-order valence-electron chi connectivity index (χ4n) is 1.83. The van der Waals surface area contributed by atoms with Crippen molar-refractivity contribution < 1.29 is 13.3 Å². The van der Waals surface area contributed by atoms with Gasteiger partial charge in [-0.2, -0.15) is 5.10 Å². The Morgan fingerprint density at radius 1 is 1.50 bits per heavy atom. The van der Waals surface area contributed by atoms with Crippen LogP contribution in [0.1, 0.15) is 6.92 Å². The van der Waals surface area contributed by atoms with E-state index in [0.717, 1.165) is 12.1 Å². The second kappa shape index (κ2) is 6.38. The van der Waals surface area contributed by atoms with Crippen molar-refractivity contribution in [2.45, 2.75) is 24.4 Å².